The van der Waals surface area contributed by atoms with E-state index in [0.717, 1.165) is 25.7 Å². The Morgan fingerprint density at radius 3 is 2.07 bits per heavy atom. The molecule has 0 atom stereocenters. The molecule has 0 aromatic heterocycles. The maximum Gasteiger partial charge on any atom is -0.00132 e. The van der Waals surface area contributed by atoms with Gasteiger partial charge in [-0.05, 0) is 98.3 Å². The lowest BCUT2D eigenvalue weighted by molar-refractivity contribution is 1.13. The molecule has 134 valence electrons. The summed E-state index contributed by atoms with van der Waals surface area (Å²) in [6.45, 7) is 6.85. The number of hydrogen-bond acceptors (Lipinski definition) is 0. The van der Waals surface area contributed by atoms with E-state index in [1.807, 2.05) is 0 Å². The first-order valence-electron chi connectivity index (χ1n) is 10.4. The molecule has 0 unspecified atom stereocenters. The van der Waals surface area contributed by atoms with Crippen LogP contribution in [0.5, 0.6) is 0 Å². The minimum absolute atomic E-state index is 1.07. The largest absolute Gasteiger partial charge is 0.0619 e. The summed E-state index contributed by atoms with van der Waals surface area (Å²) < 4.78 is 0. The Kier molecular flexibility index (Phi) is 3.82. The smallest absolute Gasteiger partial charge is 0.00132 e. The summed E-state index contributed by atoms with van der Waals surface area (Å²) in [5, 5.41) is 5.85. The van der Waals surface area contributed by atoms with Crippen LogP contribution in [0.2, 0.25) is 0 Å². The molecule has 0 amide bonds. The number of hydrogen-bond donors (Lipinski definition) is 0. The first kappa shape index (κ1) is 16.6. The van der Waals surface area contributed by atoms with Crippen molar-refractivity contribution in [1.82, 2.24) is 0 Å². The van der Waals surface area contributed by atoms with Gasteiger partial charge in [-0.2, -0.15) is 0 Å². The summed E-state index contributed by atoms with van der Waals surface area (Å²) in [5.74, 6) is 0. The Bertz CT molecular complexity index is 1190. The predicted octanol–water partition coefficient (Wildman–Crippen LogP) is 7.25. The van der Waals surface area contributed by atoms with Crippen LogP contribution in [-0.2, 0) is 25.7 Å². The van der Waals surface area contributed by atoms with Gasteiger partial charge < -0.3 is 0 Å². The zero-order valence-electron chi connectivity index (χ0n) is 16.5. The van der Waals surface area contributed by atoms with Crippen LogP contribution in [-0.4, -0.2) is 0 Å². The maximum absolute atomic E-state index is 2.50. The monoisotopic (exact) mass is 350 g/mol. The Morgan fingerprint density at radius 2 is 1.30 bits per heavy atom. The van der Waals surface area contributed by atoms with Gasteiger partial charge in [0.1, 0.15) is 0 Å². The lowest BCUT2D eigenvalue weighted by Crippen LogP contribution is -1.96. The average Bonchev–Trinajstić information content (AvgIpc) is 3.07. The van der Waals surface area contributed by atoms with Gasteiger partial charge in [0.2, 0.25) is 0 Å². The van der Waals surface area contributed by atoms with Crippen LogP contribution < -0.4 is 0 Å². The fourth-order valence-electron chi connectivity index (χ4n) is 5.06. The van der Waals surface area contributed by atoms with Crippen molar-refractivity contribution in [2.75, 3.05) is 0 Å². The van der Waals surface area contributed by atoms with Crippen molar-refractivity contribution < 1.29 is 0 Å². The van der Waals surface area contributed by atoms with Gasteiger partial charge in [-0.1, -0.05) is 63.2 Å². The van der Waals surface area contributed by atoms with Gasteiger partial charge in [0.05, 0.1) is 0 Å². The van der Waals surface area contributed by atoms with Crippen LogP contribution in [0.1, 0.15) is 48.6 Å². The Hall–Kier alpha value is -2.60. The third-order valence-electron chi connectivity index (χ3n) is 6.43. The molecule has 4 aromatic carbocycles. The molecule has 0 heteroatoms. The number of fused-ring (bicyclic) bond motifs is 5. The van der Waals surface area contributed by atoms with Gasteiger partial charge in [-0.15, -0.1) is 0 Å². The second kappa shape index (κ2) is 6.23. The van der Waals surface area contributed by atoms with Crippen LogP contribution in [0.25, 0.3) is 32.7 Å². The van der Waals surface area contributed by atoms with E-state index < -0.39 is 0 Å². The van der Waals surface area contributed by atoms with Gasteiger partial charge in [-0.25, -0.2) is 0 Å². The van der Waals surface area contributed by atoms with E-state index in [2.05, 4.69) is 75.4 Å². The summed E-state index contributed by atoms with van der Waals surface area (Å²) in [6, 6.07) is 21.0. The van der Waals surface area contributed by atoms with E-state index in [9.17, 15) is 0 Å². The Labute approximate surface area is 161 Å². The van der Waals surface area contributed by atoms with Gasteiger partial charge in [-0.3, -0.25) is 0 Å². The molecule has 0 radical (unpaired) electrons. The topological polar surface area (TPSA) is 0 Å². The standard InChI is InChI=1S/C27H26/c1-4-17-11-12-23-20(5-2)27-16-24-19(14-18-9-7-8-10-22(18)24)15-26(27)21(6-3)25(23)13-17/h7-13,15-16H,4-6,14H2,1-3H3. The molecule has 0 saturated carbocycles. The minimum Gasteiger partial charge on any atom is -0.0619 e. The fourth-order valence-corrected chi connectivity index (χ4v) is 5.06. The molecule has 1 aliphatic rings. The third kappa shape index (κ3) is 2.36. The van der Waals surface area contributed by atoms with E-state index in [0.29, 0.717) is 0 Å². The van der Waals surface area contributed by atoms with Gasteiger partial charge in [0.15, 0.2) is 0 Å². The molecule has 27 heavy (non-hydrogen) atoms. The summed E-state index contributed by atoms with van der Waals surface area (Å²) >= 11 is 0. The zero-order valence-corrected chi connectivity index (χ0v) is 16.5. The second-order valence-electron chi connectivity index (χ2n) is 7.79. The molecule has 0 heterocycles. The predicted molar refractivity (Wildman–Crippen MR) is 118 cm³/mol. The molecule has 0 fully saturated rings. The fraction of sp³-hybridized carbons (Fsp3) is 0.259. The third-order valence-corrected chi connectivity index (χ3v) is 6.43. The summed E-state index contributed by atoms with van der Waals surface area (Å²) in [4.78, 5) is 0. The van der Waals surface area contributed by atoms with Gasteiger partial charge in [0, 0.05) is 0 Å². The van der Waals surface area contributed by atoms with Crippen molar-refractivity contribution in [1.29, 1.82) is 0 Å². The molecule has 1 aliphatic carbocycles. The molecule has 4 aromatic rings. The molecular weight excluding hydrogens is 324 g/mol. The summed E-state index contributed by atoms with van der Waals surface area (Å²) in [5.41, 5.74) is 10.3. The number of rotatable bonds is 3. The highest BCUT2D eigenvalue weighted by molar-refractivity contribution is 6.08. The van der Waals surface area contributed by atoms with Crippen LogP contribution in [0, 0.1) is 0 Å². The van der Waals surface area contributed by atoms with Crippen LogP contribution >= 0.6 is 0 Å². The minimum atomic E-state index is 1.07. The molecule has 5 rings (SSSR count). The van der Waals surface area contributed by atoms with Gasteiger partial charge in [0.25, 0.3) is 0 Å². The molecule has 0 bridgehead atoms. The van der Waals surface area contributed by atoms with Crippen LogP contribution in [0.15, 0.2) is 54.6 Å². The van der Waals surface area contributed by atoms with E-state index in [1.165, 1.54) is 60.5 Å². The lowest BCUT2D eigenvalue weighted by Gasteiger charge is -2.18. The second-order valence-corrected chi connectivity index (χ2v) is 7.79. The first-order chi connectivity index (χ1) is 13.2. The average molecular weight is 351 g/mol. The highest BCUT2D eigenvalue weighted by Crippen LogP contribution is 2.42. The van der Waals surface area contributed by atoms with E-state index in [4.69, 9.17) is 0 Å². The lowest BCUT2D eigenvalue weighted by atomic mass is 9.86. The highest BCUT2D eigenvalue weighted by Gasteiger charge is 2.21. The van der Waals surface area contributed by atoms with E-state index in [1.54, 1.807) is 0 Å². The van der Waals surface area contributed by atoms with Crippen molar-refractivity contribution in [2.45, 2.75) is 46.5 Å². The normalized spacial score (nSPS) is 12.6. The molecule has 0 saturated heterocycles. The summed E-state index contributed by atoms with van der Waals surface area (Å²) in [7, 11) is 0. The first-order valence-corrected chi connectivity index (χ1v) is 10.4. The van der Waals surface area contributed by atoms with E-state index in [-0.39, 0.29) is 0 Å². The number of benzene rings is 4. The SMILES string of the molecule is CCc1ccc2c(CC)c3cc4c(cc3c(CC)c2c1)Cc1ccccc1-4. The molecule has 0 N–H and O–H groups in total. The Morgan fingerprint density at radius 1 is 0.593 bits per heavy atom. The molecule has 0 spiro atoms. The summed E-state index contributed by atoms with van der Waals surface area (Å²) in [6.07, 6.45) is 4.32. The van der Waals surface area contributed by atoms with Crippen molar-refractivity contribution in [3.63, 3.8) is 0 Å². The molecule has 0 nitrogen and oxygen atoms in total. The van der Waals surface area contributed by atoms with Gasteiger partial charge >= 0.3 is 0 Å². The highest BCUT2D eigenvalue weighted by atomic mass is 14.2. The van der Waals surface area contributed by atoms with E-state index >= 15 is 0 Å². The molecule has 0 aliphatic heterocycles. The van der Waals surface area contributed by atoms with Crippen molar-refractivity contribution in [3.8, 4) is 11.1 Å². The Balaban J connectivity index is 1.92. The molecular formula is C27H26. The zero-order chi connectivity index (χ0) is 18.5. The van der Waals surface area contributed by atoms with Crippen molar-refractivity contribution in [2.24, 2.45) is 0 Å². The van der Waals surface area contributed by atoms with Crippen LogP contribution in [0.3, 0.4) is 0 Å². The quantitative estimate of drug-likeness (QED) is 0.301. The number of aryl methyl sites for hydroxylation is 3. The van der Waals surface area contributed by atoms with Crippen molar-refractivity contribution >= 4 is 21.5 Å². The van der Waals surface area contributed by atoms with Crippen LogP contribution in [0.4, 0.5) is 0 Å². The van der Waals surface area contributed by atoms with Crippen molar-refractivity contribution in [3.05, 3.63) is 82.4 Å². The maximum atomic E-state index is 2.50.